The normalized spacial score (nSPS) is 22.8. The second-order valence-corrected chi connectivity index (χ2v) is 10.5. The maximum Gasteiger partial charge on any atom is 0.164 e. The minimum Gasteiger partial charge on any atom is -0.497 e. The van der Waals surface area contributed by atoms with Crippen LogP contribution in [0.3, 0.4) is 0 Å². The molecule has 0 spiro atoms. The molecule has 0 aliphatic carbocycles. The fraction of sp³-hybridized carbons (Fsp3) is 0.381. The lowest BCUT2D eigenvalue weighted by atomic mass is 10.1. The number of thioether (sulfide) groups is 1. The van der Waals surface area contributed by atoms with Gasteiger partial charge in [0, 0.05) is 11.4 Å². The highest BCUT2D eigenvalue weighted by molar-refractivity contribution is 8.13. The van der Waals surface area contributed by atoms with E-state index in [9.17, 15) is 8.42 Å². The number of methoxy groups -OCH3 is 1. The molecular formula is C21H24N2O3S2. The van der Waals surface area contributed by atoms with Gasteiger partial charge in [-0.25, -0.2) is 8.42 Å². The van der Waals surface area contributed by atoms with E-state index in [0.717, 1.165) is 33.5 Å². The van der Waals surface area contributed by atoms with Crippen LogP contribution >= 0.6 is 11.8 Å². The number of fused-ring (bicyclic) bond motifs is 1. The van der Waals surface area contributed by atoms with Crippen molar-refractivity contribution < 1.29 is 13.2 Å². The van der Waals surface area contributed by atoms with Crippen LogP contribution in [0.4, 0.5) is 5.69 Å². The van der Waals surface area contributed by atoms with E-state index in [-0.39, 0.29) is 23.6 Å². The van der Waals surface area contributed by atoms with Crippen LogP contribution in [0, 0.1) is 13.8 Å². The number of hydrogen-bond donors (Lipinski definition) is 0. The van der Waals surface area contributed by atoms with Crippen LogP contribution in [0.15, 0.2) is 47.5 Å². The van der Waals surface area contributed by atoms with Crippen molar-refractivity contribution in [2.75, 3.05) is 23.5 Å². The summed E-state index contributed by atoms with van der Waals surface area (Å²) >= 11 is 1.67. The highest BCUT2D eigenvalue weighted by Gasteiger charge is 2.47. The molecular weight excluding hydrogens is 392 g/mol. The topological polar surface area (TPSA) is 59.0 Å². The number of hydrogen-bond acceptors (Lipinski definition) is 6. The molecule has 2 aromatic carbocycles. The van der Waals surface area contributed by atoms with E-state index in [0.29, 0.717) is 0 Å². The maximum atomic E-state index is 12.2. The summed E-state index contributed by atoms with van der Waals surface area (Å²) in [5, 5.41) is 0.911. The van der Waals surface area contributed by atoms with E-state index < -0.39 is 9.84 Å². The number of aliphatic imine (C=N–C) groups is 1. The summed E-state index contributed by atoms with van der Waals surface area (Å²) in [7, 11) is -1.38. The molecule has 7 heteroatoms. The molecule has 5 nitrogen and oxygen atoms in total. The number of amidine groups is 1. The van der Waals surface area contributed by atoms with Crippen molar-refractivity contribution in [3.63, 3.8) is 0 Å². The third-order valence-electron chi connectivity index (χ3n) is 5.26. The Bertz CT molecular complexity index is 1020. The molecule has 0 unspecified atom stereocenters. The molecule has 0 amide bonds. The van der Waals surface area contributed by atoms with Crippen molar-refractivity contribution in [2.45, 2.75) is 31.7 Å². The van der Waals surface area contributed by atoms with Crippen LogP contribution in [-0.2, 0) is 15.6 Å². The van der Waals surface area contributed by atoms with Crippen molar-refractivity contribution in [3.05, 3.63) is 59.2 Å². The van der Waals surface area contributed by atoms with E-state index in [1.807, 2.05) is 12.1 Å². The average Bonchev–Trinajstić information content (AvgIpc) is 3.13. The van der Waals surface area contributed by atoms with Gasteiger partial charge >= 0.3 is 0 Å². The van der Waals surface area contributed by atoms with Gasteiger partial charge < -0.3 is 9.64 Å². The van der Waals surface area contributed by atoms with Gasteiger partial charge in [0.1, 0.15) is 5.75 Å². The number of aryl methyl sites for hydroxylation is 2. The molecule has 0 aromatic heterocycles. The Morgan fingerprint density at radius 1 is 1.14 bits per heavy atom. The van der Waals surface area contributed by atoms with Gasteiger partial charge in [0.15, 0.2) is 15.0 Å². The van der Waals surface area contributed by atoms with E-state index in [1.165, 1.54) is 5.56 Å². The van der Waals surface area contributed by atoms with Crippen LogP contribution in [0.5, 0.6) is 5.75 Å². The van der Waals surface area contributed by atoms with Gasteiger partial charge in [-0.3, -0.25) is 4.99 Å². The predicted molar refractivity (Wildman–Crippen MR) is 116 cm³/mol. The Labute approximate surface area is 170 Å². The first kappa shape index (κ1) is 19.3. The molecule has 2 aliphatic rings. The minimum absolute atomic E-state index is 0.108. The van der Waals surface area contributed by atoms with Crippen molar-refractivity contribution in [3.8, 4) is 5.75 Å². The summed E-state index contributed by atoms with van der Waals surface area (Å²) in [5.41, 5.74) is 4.53. The molecule has 1 fully saturated rings. The van der Waals surface area contributed by atoms with Crippen molar-refractivity contribution in [1.29, 1.82) is 0 Å². The Balaban J connectivity index is 1.62. The lowest BCUT2D eigenvalue weighted by Crippen LogP contribution is -2.39. The zero-order chi connectivity index (χ0) is 19.9. The molecule has 0 bridgehead atoms. The highest BCUT2D eigenvalue weighted by Crippen LogP contribution is 2.37. The zero-order valence-electron chi connectivity index (χ0n) is 16.3. The number of rotatable bonds is 4. The predicted octanol–water partition coefficient (Wildman–Crippen LogP) is 3.59. The monoisotopic (exact) mass is 416 g/mol. The molecule has 0 N–H and O–H groups in total. The van der Waals surface area contributed by atoms with E-state index in [4.69, 9.17) is 9.73 Å². The van der Waals surface area contributed by atoms with E-state index >= 15 is 0 Å². The molecule has 2 atom stereocenters. The lowest BCUT2D eigenvalue weighted by Gasteiger charge is -2.28. The van der Waals surface area contributed by atoms with Crippen LogP contribution in [0.1, 0.15) is 16.7 Å². The SMILES string of the molecule is COc1ccc(CSC2=N[C@@H]3CS(=O)(=O)C[C@@H]3N2c2cc(C)ccc2C)cc1. The second-order valence-electron chi connectivity index (χ2n) is 7.42. The first-order valence-electron chi connectivity index (χ1n) is 9.27. The molecule has 2 aromatic rings. The highest BCUT2D eigenvalue weighted by atomic mass is 32.2. The van der Waals surface area contributed by atoms with E-state index in [2.05, 4.69) is 49.1 Å². The number of sulfone groups is 1. The molecule has 0 saturated carbocycles. The average molecular weight is 417 g/mol. The number of benzene rings is 2. The Hall–Kier alpha value is -1.99. The van der Waals surface area contributed by atoms with Crippen molar-refractivity contribution in [2.24, 2.45) is 4.99 Å². The zero-order valence-corrected chi connectivity index (χ0v) is 17.9. The summed E-state index contributed by atoms with van der Waals surface area (Å²) in [5.74, 6) is 1.92. The third kappa shape index (κ3) is 3.78. The van der Waals surface area contributed by atoms with Crippen LogP contribution in [0.2, 0.25) is 0 Å². The summed E-state index contributed by atoms with van der Waals surface area (Å²) in [6.45, 7) is 4.13. The van der Waals surface area contributed by atoms with Crippen LogP contribution < -0.4 is 9.64 Å². The van der Waals surface area contributed by atoms with E-state index in [1.54, 1.807) is 18.9 Å². The quantitative estimate of drug-likeness (QED) is 0.762. The van der Waals surface area contributed by atoms with Crippen molar-refractivity contribution >= 4 is 32.5 Å². The Kier molecular flexibility index (Phi) is 5.14. The smallest absolute Gasteiger partial charge is 0.164 e. The van der Waals surface area contributed by atoms with Gasteiger partial charge in [-0.1, -0.05) is 36.0 Å². The number of ether oxygens (including phenoxy) is 1. The summed E-state index contributed by atoms with van der Waals surface area (Å²) in [6.07, 6.45) is 0. The lowest BCUT2D eigenvalue weighted by molar-refractivity contribution is 0.414. The fourth-order valence-electron chi connectivity index (χ4n) is 3.76. The van der Waals surface area contributed by atoms with Crippen LogP contribution in [0.25, 0.3) is 0 Å². The Morgan fingerprint density at radius 2 is 1.89 bits per heavy atom. The molecule has 148 valence electrons. The third-order valence-corrected chi connectivity index (χ3v) is 8.00. The van der Waals surface area contributed by atoms with Gasteiger partial charge in [0.2, 0.25) is 0 Å². The van der Waals surface area contributed by atoms with Gasteiger partial charge in [-0.15, -0.1) is 0 Å². The first-order valence-corrected chi connectivity index (χ1v) is 12.1. The van der Waals surface area contributed by atoms with Gasteiger partial charge in [0.05, 0.1) is 30.7 Å². The van der Waals surface area contributed by atoms with Gasteiger partial charge in [-0.05, 0) is 48.7 Å². The summed E-state index contributed by atoms with van der Waals surface area (Å²) in [4.78, 5) is 6.98. The van der Waals surface area contributed by atoms with Crippen molar-refractivity contribution in [1.82, 2.24) is 0 Å². The molecule has 2 aliphatic heterocycles. The summed E-state index contributed by atoms with van der Waals surface area (Å²) in [6, 6.07) is 14.0. The molecule has 28 heavy (non-hydrogen) atoms. The molecule has 0 radical (unpaired) electrons. The number of nitrogens with zero attached hydrogens (tertiary/aromatic N) is 2. The number of anilines is 1. The van der Waals surface area contributed by atoms with Gasteiger partial charge in [0.25, 0.3) is 0 Å². The maximum absolute atomic E-state index is 12.2. The summed E-state index contributed by atoms with van der Waals surface area (Å²) < 4.78 is 29.6. The minimum atomic E-state index is -3.04. The Morgan fingerprint density at radius 3 is 2.61 bits per heavy atom. The standard InChI is InChI=1S/C21H24N2O3S2/c1-14-4-5-15(2)19(10-14)23-20-13-28(24,25)12-18(20)22-21(23)27-11-16-6-8-17(26-3)9-7-16/h4-10,18,20H,11-13H2,1-3H3/t18-,20+/m1/s1. The molecule has 1 saturated heterocycles. The van der Waals surface area contributed by atoms with Gasteiger partial charge in [-0.2, -0.15) is 0 Å². The largest absolute Gasteiger partial charge is 0.497 e. The van der Waals surface area contributed by atoms with Crippen LogP contribution in [-0.4, -0.2) is 44.3 Å². The second kappa shape index (κ2) is 7.44. The molecule has 4 rings (SSSR count). The molecule has 2 heterocycles. The first-order chi connectivity index (χ1) is 13.4. The fourth-order valence-corrected chi connectivity index (χ4v) is 6.68.